The van der Waals surface area contributed by atoms with Gasteiger partial charge in [0.1, 0.15) is 0 Å². The molecule has 3 heteroatoms. The van der Waals surface area contributed by atoms with E-state index in [2.05, 4.69) is 11.3 Å². The van der Waals surface area contributed by atoms with Crippen LogP contribution < -0.4 is 0 Å². The van der Waals surface area contributed by atoms with E-state index in [1.807, 2.05) is 11.4 Å². The Balaban J connectivity index is 2.50. The van der Waals surface area contributed by atoms with Crippen molar-refractivity contribution < 1.29 is 5.11 Å². The average Bonchev–Trinajstić information content (AvgIpc) is 2.38. The first-order valence-corrected chi connectivity index (χ1v) is 4.26. The van der Waals surface area contributed by atoms with E-state index in [1.54, 1.807) is 0 Å². The van der Waals surface area contributed by atoms with Crippen molar-refractivity contribution >= 4 is 11.5 Å². The summed E-state index contributed by atoms with van der Waals surface area (Å²) >= 11 is 1.38. The number of hydrogen-bond acceptors (Lipinski definition) is 3. The summed E-state index contributed by atoms with van der Waals surface area (Å²) in [5, 5.41) is 11.2. The number of hydrogen-bond donors (Lipinski definition) is 1. The van der Waals surface area contributed by atoms with E-state index in [9.17, 15) is 5.11 Å². The largest absolute Gasteiger partial charge is 0.387 e. The van der Waals surface area contributed by atoms with Gasteiger partial charge >= 0.3 is 0 Å². The Hall–Kier alpha value is -0.410. The maximum absolute atomic E-state index is 9.35. The van der Waals surface area contributed by atoms with E-state index in [0.29, 0.717) is 0 Å². The second-order valence-corrected chi connectivity index (χ2v) is 2.89. The fourth-order valence-electron chi connectivity index (χ4n) is 0.815. The van der Waals surface area contributed by atoms with Crippen molar-refractivity contribution in [2.45, 2.75) is 25.9 Å². The first-order chi connectivity index (χ1) is 4.84. The van der Waals surface area contributed by atoms with Crippen molar-refractivity contribution in [3.05, 3.63) is 17.1 Å². The van der Waals surface area contributed by atoms with Crippen LogP contribution in [0.5, 0.6) is 0 Å². The Bertz CT molecular complexity index is 174. The van der Waals surface area contributed by atoms with E-state index >= 15 is 0 Å². The minimum Gasteiger partial charge on any atom is -0.387 e. The molecule has 1 N–H and O–H groups in total. The number of nitrogens with zero attached hydrogens (tertiary/aromatic N) is 1. The summed E-state index contributed by atoms with van der Waals surface area (Å²) in [6.07, 6.45) is 1.46. The summed E-state index contributed by atoms with van der Waals surface area (Å²) in [5.74, 6) is 0. The molecule has 0 aromatic carbocycles. The number of aliphatic hydroxyl groups excluding tert-OH is 1. The summed E-state index contributed by atoms with van der Waals surface area (Å²) in [7, 11) is 0. The van der Waals surface area contributed by atoms with Gasteiger partial charge in [0.2, 0.25) is 0 Å². The zero-order chi connectivity index (χ0) is 7.40. The second kappa shape index (κ2) is 3.68. The Morgan fingerprint density at radius 3 is 3.10 bits per heavy atom. The molecule has 0 saturated carbocycles. The number of rotatable bonds is 3. The molecule has 1 aromatic heterocycles. The SMILES string of the molecule is CCCC(O)c1ccsn1. The monoisotopic (exact) mass is 157 g/mol. The van der Waals surface area contributed by atoms with Crippen LogP contribution in [0.15, 0.2) is 11.4 Å². The highest BCUT2D eigenvalue weighted by Crippen LogP contribution is 2.16. The summed E-state index contributed by atoms with van der Waals surface area (Å²) in [4.78, 5) is 0. The highest BCUT2D eigenvalue weighted by Gasteiger charge is 2.06. The molecular weight excluding hydrogens is 146 g/mol. The molecule has 1 heterocycles. The maximum Gasteiger partial charge on any atom is 0.0970 e. The van der Waals surface area contributed by atoms with E-state index < -0.39 is 0 Å². The van der Waals surface area contributed by atoms with Crippen LogP contribution in [-0.2, 0) is 0 Å². The summed E-state index contributed by atoms with van der Waals surface area (Å²) < 4.78 is 4.03. The summed E-state index contributed by atoms with van der Waals surface area (Å²) in [5.41, 5.74) is 0.812. The highest BCUT2D eigenvalue weighted by atomic mass is 32.1. The molecule has 0 aliphatic carbocycles. The van der Waals surface area contributed by atoms with Gasteiger partial charge in [-0.05, 0) is 24.0 Å². The van der Waals surface area contributed by atoms with Gasteiger partial charge < -0.3 is 5.11 Å². The first kappa shape index (κ1) is 7.69. The van der Waals surface area contributed by atoms with E-state index in [-0.39, 0.29) is 6.10 Å². The molecule has 0 spiro atoms. The normalized spacial score (nSPS) is 13.4. The molecule has 1 rings (SSSR count). The van der Waals surface area contributed by atoms with Crippen LogP contribution in [0, 0.1) is 0 Å². The van der Waals surface area contributed by atoms with Crippen molar-refractivity contribution in [2.24, 2.45) is 0 Å². The Kier molecular flexibility index (Phi) is 2.83. The van der Waals surface area contributed by atoms with Crippen LogP contribution in [0.3, 0.4) is 0 Å². The molecule has 2 nitrogen and oxygen atoms in total. The third-order valence-corrected chi connectivity index (χ3v) is 1.94. The summed E-state index contributed by atoms with van der Waals surface area (Å²) in [6, 6.07) is 1.87. The standard InChI is InChI=1S/C7H11NOS/c1-2-3-7(9)6-4-5-10-8-6/h4-5,7,9H,2-3H2,1H3. The van der Waals surface area contributed by atoms with Gasteiger partial charge in [-0.25, -0.2) is 0 Å². The average molecular weight is 157 g/mol. The van der Waals surface area contributed by atoms with E-state index in [4.69, 9.17) is 0 Å². The number of aromatic nitrogens is 1. The van der Waals surface area contributed by atoms with Crippen LogP contribution in [0.25, 0.3) is 0 Å². The fourth-order valence-corrected chi connectivity index (χ4v) is 1.38. The van der Waals surface area contributed by atoms with E-state index in [1.165, 1.54) is 11.5 Å². The van der Waals surface area contributed by atoms with Crippen molar-refractivity contribution in [2.75, 3.05) is 0 Å². The lowest BCUT2D eigenvalue weighted by Gasteiger charge is -2.03. The molecule has 0 bridgehead atoms. The Morgan fingerprint density at radius 1 is 1.80 bits per heavy atom. The highest BCUT2D eigenvalue weighted by molar-refractivity contribution is 7.03. The molecule has 0 radical (unpaired) electrons. The van der Waals surface area contributed by atoms with Crippen LogP contribution >= 0.6 is 11.5 Å². The molecule has 0 aliphatic rings. The van der Waals surface area contributed by atoms with Gasteiger partial charge in [0.15, 0.2) is 0 Å². The minimum absolute atomic E-state index is 0.351. The van der Waals surface area contributed by atoms with Crippen LogP contribution in [0.2, 0.25) is 0 Å². The maximum atomic E-state index is 9.35. The van der Waals surface area contributed by atoms with Crippen LogP contribution in [-0.4, -0.2) is 9.48 Å². The lowest BCUT2D eigenvalue weighted by molar-refractivity contribution is 0.163. The third kappa shape index (κ3) is 1.78. The quantitative estimate of drug-likeness (QED) is 0.727. The van der Waals surface area contributed by atoms with Gasteiger partial charge in [-0.2, -0.15) is 4.37 Å². The third-order valence-electron chi connectivity index (χ3n) is 1.36. The van der Waals surface area contributed by atoms with Crippen molar-refractivity contribution in [3.63, 3.8) is 0 Å². The van der Waals surface area contributed by atoms with Gasteiger partial charge in [0.05, 0.1) is 11.8 Å². The predicted octanol–water partition coefficient (Wildman–Crippen LogP) is 1.98. The lowest BCUT2D eigenvalue weighted by atomic mass is 10.1. The summed E-state index contributed by atoms with van der Waals surface area (Å²) in [6.45, 7) is 2.05. The molecule has 0 aliphatic heterocycles. The fraction of sp³-hybridized carbons (Fsp3) is 0.571. The van der Waals surface area contributed by atoms with Crippen molar-refractivity contribution in [1.29, 1.82) is 0 Å². The molecule has 0 fully saturated rings. The van der Waals surface area contributed by atoms with Gasteiger partial charge in [-0.1, -0.05) is 13.3 Å². The predicted molar refractivity (Wildman–Crippen MR) is 42.0 cm³/mol. The van der Waals surface area contributed by atoms with Gasteiger partial charge in [-0.3, -0.25) is 0 Å². The van der Waals surface area contributed by atoms with E-state index in [0.717, 1.165) is 18.5 Å². The molecule has 1 atom stereocenters. The molecule has 56 valence electrons. The second-order valence-electron chi connectivity index (χ2n) is 2.23. The zero-order valence-electron chi connectivity index (χ0n) is 5.95. The van der Waals surface area contributed by atoms with Gasteiger partial charge in [-0.15, -0.1) is 0 Å². The molecular formula is C7H11NOS. The van der Waals surface area contributed by atoms with Crippen molar-refractivity contribution in [1.82, 2.24) is 4.37 Å². The number of aliphatic hydroxyl groups is 1. The first-order valence-electron chi connectivity index (χ1n) is 3.43. The lowest BCUT2D eigenvalue weighted by Crippen LogP contribution is -1.95. The topological polar surface area (TPSA) is 33.1 Å². The molecule has 10 heavy (non-hydrogen) atoms. The van der Waals surface area contributed by atoms with Crippen molar-refractivity contribution in [3.8, 4) is 0 Å². The van der Waals surface area contributed by atoms with Gasteiger partial charge in [0, 0.05) is 5.38 Å². The zero-order valence-corrected chi connectivity index (χ0v) is 6.77. The Labute approximate surface area is 64.7 Å². The minimum atomic E-state index is -0.351. The smallest absolute Gasteiger partial charge is 0.0970 e. The molecule has 0 saturated heterocycles. The van der Waals surface area contributed by atoms with Crippen LogP contribution in [0.1, 0.15) is 31.6 Å². The molecule has 0 amide bonds. The van der Waals surface area contributed by atoms with Gasteiger partial charge in [0.25, 0.3) is 0 Å². The molecule has 1 unspecified atom stereocenters. The molecule has 1 aromatic rings. The Morgan fingerprint density at radius 2 is 2.60 bits per heavy atom. The van der Waals surface area contributed by atoms with Crippen LogP contribution in [0.4, 0.5) is 0 Å².